The van der Waals surface area contributed by atoms with Gasteiger partial charge in [0.05, 0.1) is 6.10 Å². The Labute approximate surface area is 78.4 Å². The summed E-state index contributed by atoms with van der Waals surface area (Å²) in [6.45, 7) is 0. The highest BCUT2D eigenvalue weighted by Crippen LogP contribution is 2.47. The van der Waals surface area contributed by atoms with Gasteiger partial charge < -0.3 is 5.11 Å². The second-order valence-electron chi connectivity index (χ2n) is 4.26. The Hall–Kier alpha value is -0.820. The van der Waals surface area contributed by atoms with Crippen LogP contribution >= 0.6 is 0 Å². The van der Waals surface area contributed by atoms with Crippen LogP contribution in [0.5, 0.6) is 0 Å². The Morgan fingerprint density at radius 2 is 2.23 bits per heavy atom. The highest BCUT2D eigenvalue weighted by molar-refractivity contribution is 5.44. The van der Waals surface area contributed by atoms with Gasteiger partial charge in [-0.1, -0.05) is 18.2 Å². The minimum atomic E-state index is -0.182. The van der Waals surface area contributed by atoms with Crippen LogP contribution in [0.15, 0.2) is 18.2 Å². The monoisotopic (exact) mass is 174 g/mol. The standard InChI is InChI=1S/C12H14O/c13-11-7-9-5-1-3-8-4-2-6-10(11)12(8)9/h2,4,6,9,11,13H,1,3,5,7H2/t9-,11+/m1/s1. The topological polar surface area (TPSA) is 20.2 Å². The highest BCUT2D eigenvalue weighted by Gasteiger charge is 2.33. The van der Waals surface area contributed by atoms with Gasteiger partial charge in [0, 0.05) is 0 Å². The quantitative estimate of drug-likeness (QED) is 0.640. The molecule has 0 heterocycles. The number of hydrogen-bond donors (Lipinski definition) is 1. The second kappa shape index (κ2) is 2.58. The summed E-state index contributed by atoms with van der Waals surface area (Å²) >= 11 is 0. The Bertz CT molecular complexity index is 343. The molecule has 0 amide bonds. The number of rotatable bonds is 0. The van der Waals surface area contributed by atoms with Crippen molar-refractivity contribution in [1.82, 2.24) is 0 Å². The van der Waals surface area contributed by atoms with Gasteiger partial charge in [0.15, 0.2) is 0 Å². The SMILES string of the molecule is O[C@H]1C[C@H]2CCCc3cccc1c32. The molecule has 0 spiro atoms. The molecule has 1 nitrogen and oxygen atoms in total. The molecule has 1 aromatic rings. The number of aliphatic hydroxyl groups is 1. The Morgan fingerprint density at radius 1 is 1.31 bits per heavy atom. The normalized spacial score (nSPS) is 30.2. The van der Waals surface area contributed by atoms with Gasteiger partial charge >= 0.3 is 0 Å². The van der Waals surface area contributed by atoms with E-state index < -0.39 is 0 Å². The molecule has 2 aliphatic rings. The van der Waals surface area contributed by atoms with Gasteiger partial charge in [-0.3, -0.25) is 0 Å². The zero-order valence-electron chi connectivity index (χ0n) is 7.66. The van der Waals surface area contributed by atoms with Crippen LogP contribution in [-0.4, -0.2) is 5.11 Å². The zero-order chi connectivity index (χ0) is 8.84. The summed E-state index contributed by atoms with van der Waals surface area (Å²) in [5.74, 6) is 0.662. The van der Waals surface area contributed by atoms with Crippen molar-refractivity contribution in [3.8, 4) is 0 Å². The molecule has 1 aromatic carbocycles. The largest absolute Gasteiger partial charge is 0.388 e. The van der Waals surface area contributed by atoms with Crippen molar-refractivity contribution >= 4 is 0 Å². The summed E-state index contributed by atoms with van der Waals surface area (Å²) in [5, 5.41) is 9.84. The molecule has 0 fully saturated rings. The van der Waals surface area contributed by atoms with E-state index in [0.29, 0.717) is 5.92 Å². The van der Waals surface area contributed by atoms with E-state index >= 15 is 0 Å². The second-order valence-corrected chi connectivity index (χ2v) is 4.26. The maximum absolute atomic E-state index is 9.84. The molecule has 0 saturated heterocycles. The lowest BCUT2D eigenvalue weighted by Crippen LogP contribution is -2.05. The first-order valence-electron chi connectivity index (χ1n) is 5.16. The van der Waals surface area contributed by atoms with E-state index in [9.17, 15) is 5.11 Å². The summed E-state index contributed by atoms with van der Waals surface area (Å²) in [6.07, 6.45) is 4.58. The predicted octanol–water partition coefficient (Wildman–Crippen LogP) is 2.54. The third-order valence-electron chi connectivity index (χ3n) is 3.50. The minimum Gasteiger partial charge on any atom is -0.388 e. The van der Waals surface area contributed by atoms with Crippen molar-refractivity contribution in [2.45, 2.75) is 37.7 Å². The van der Waals surface area contributed by atoms with Crippen LogP contribution in [0.1, 0.15) is 48.0 Å². The molecule has 2 atom stereocenters. The predicted molar refractivity (Wildman–Crippen MR) is 51.7 cm³/mol. The van der Waals surface area contributed by atoms with E-state index in [4.69, 9.17) is 0 Å². The third kappa shape index (κ3) is 0.969. The summed E-state index contributed by atoms with van der Waals surface area (Å²) in [5.41, 5.74) is 4.19. The van der Waals surface area contributed by atoms with Crippen LogP contribution in [0, 0.1) is 0 Å². The molecule has 0 unspecified atom stereocenters. The lowest BCUT2D eigenvalue weighted by molar-refractivity contribution is 0.171. The maximum atomic E-state index is 9.84. The van der Waals surface area contributed by atoms with Crippen LogP contribution in [-0.2, 0) is 6.42 Å². The molecule has 0 aromatic heterocycles. The molecule has 3 rings (SSSR count). The molecule has 13 heavy (non-hydrogen) atoms. The Kier molecular flexibility index (Phi) is 1.50. The van der Waals surface area contributed by atoms with Gasteiger partial charge in [0.1, 0.15) is 0 Å². The van der Waals surface area contributed by atoms with Gasteiger partial charge in [0.2, 0.25) is 0 Å². The van der Waals surface area contributed by atoms with E-state index in [0.717, 1.165) is 6.42 Å². The van der Waals surface area contributed by atoms with E-state index in [1.807, 2.05) is 0 Å². The molecular formula is C12H14O. The van der Waals surface area contributed by atoms with E-state index in [2.05, 4.69) is 18.2 Å². The average molecular weight is 174 g/mol. The van der Waals surface area contributed by atoms with Gasteiger partial charge in [-0.25, -0.2) is 0 Å². The fraction of sp³-hybridized carbons (Fsp3) is 0.500. The number of hydrogen-bond acceptors (Lipinski definition) is 1. The van der Waals surface area contributed by atoms with Gasteiger partial charge in [0.25, 0.3) is 0 Å². The van der Waals surface area contributed by atoms with Crippen molar-refractivity contribution < 1.29 is 5.11 Å². The molecule has 1 heteroatoms. The van der Waals surface area contributed by atoms with Crippen molar-refractivity contribution in [1.29, 1.82) is 0 Å². The van der Waals surface area contributed by atoms with E-state index in [1.54, 1.807) is 0 Å². The van der Waals surface area contributed by atoms with Crippen molar-refractivity contribution in [2.75, 3.05) is 0 Å². The van der Waals surface area contributed by atoms with E-state index in [1.165, 1.54) is 36.0 Å². The first-order valence-corrected chi connectivity index (χ1v) is 5.16. The molecular weight excluding hydrogens is 160 g/mol. The first-order chi connectivity index (χ1) is 6.36. The van der Waals surface area contributed by atoms with Gasteiger partial charge in [-0.15, -0.1) is 0 Å². The molecule has 2 aliphatic carbocycles. The lowest BCUT2D eigenvalue weighted by Gasteiger charge is -2.20. The van der Waals surface area contributed by atoms with Gasteiger partial charge in [-0.05, 0) is 48.3 Å². The fourth-order valence-corrected chi connectivity index (χ4v) is 2.95. The maximum Gasteiger partial charge on any atom is 0.0798 e. The van der Waals surface area contributed by atoms with Crippen molar-refractivity contribution in [3.63, 3.8) is 0 Å². The van der Waals surface area contributed by atoms with Crippen LogP contribution in [0.25, 0.3) is 0 Å². The number of aryl methyl sites for hydroxylation is 1. The smallest absolute Gasteiger partial charge is 0.0798 e. The zero-order valence-corrected chi connectivity index (χ0v) is 7.66. The molecule has 0 bridgehead atoms. The average Bonchev–Trinajstić information content (AvgIpc) is 2.47. The minimum absolute atomic E-state index is 0.182. The third-order valence-corrected chi connectivity index (χ3v) is 3.50. The number of aliphatic hydroxyl groups excluding tert-OH is 1. The van der Waals surface area contributed by atoms with Crippen LogP contribution in [0.2, 0.25) is 0 Å². The fourth-order valence-electron chi connectivity index (χ4n) is 2.95. The molecule has 1 N–H and O–H groups in total. The summed E-state index contributed by atoms with van der Waals surface area (Å²) in [4.78, 5) is 0. The van der Waals surface area contributed by atoms with Gasteiger partial charge in [-0.2, -0.15) is 0 Å². The Balaban J connectivity index is 2.22. The molecule has 0 saturated carbocycles. The molecule has 0 radical (unpaired) electrons. The van der Waals surface area contributed by atoms with E-state index in [-0.39, 0.29) is 6.10 Å². The van der Waals surface area contributed by atoms with Crippen LogP contribution < -0.4 is 0 Å². The summed E-state index contributed by atoms with van der Waals surface area (Å²) in [6, 6.07) is 6.41. The lowest BCUT2D eigenvalue weighted by atomic mass is 9.84. The summed E-state index contributed by atoms with van der Waals surface area (Å²) < 4.78 is 0. The van der Waals surface area contributed by atoms with Crippen LogP contribution in [0.4, 0.5) is 0 Å². The Morgan fingerprint density at radius 3 is 3.15 bits per heavy atom. The number of benzene rings is 1. The van der Waals surface area contributed by atoms with Crippen molar-refractivity contribution in [2.24, 2.45) is 0 Å². The first kappa shape index (κ1) is 7.57. The summed E-state index contributed by atoms with van der Waals surface area (Å²) in [7, 11) is 0. The molecule has 68 valence electrons. The van der Waals surface area contributed by atoms with Crippen molar-refractivity contribution in [3.05, 3.63) is 34.9 Å². The van der Waals surface area contributed by atoms with Crippen LogP contribution in [0.3, 0.4) is 0 Å². The molecule has 0 aliphatic heterocycles. The highest BCUT2D eigenvalue weighted by atomic mass is 16.3.